The highest BCUT2D eigenvalue weighted by Crippen LogP contribution is 2.12. The molecule has 82 valence electrons. The third-order valence-electron chi connectivity index (χ3n) is 2.62. The molecule has 1 heterocycles. The molecule has 2 rings (SSSR count). The summed E-state index contributed by atoms with van der Waals surface area (Å²) in [5, 5.41) is 0. The second-order valence-corrected chi connectivity index (χ2v) is 3.73. The average molecular weight is 227 g/mol. The largest absolute Gasteiger partial charge is 1.00 e. The van der Waals surface area contributed by atoms with Crippen molar-refractivity contribution in [1.29, 1.82) is 0 Å². The molecule has 1 amide bonds. The maximum absolute atomic E-state index is 11.6. The summed E-state index contributed by atoms with van der Waals surface area (Å²) in [7, 11) is 0. The molecule has 1 aliphatic heterocycles. The van der Waals surface area contributed by atoms with E-state index < -0.39 is 0 Å². The molecule has 3 N–H and O–H groups in total. The van der Waals surface area contributed by atoms with Crippen LogP contribution in [-0.2, 0) is 11.3 Å². The molecule has 0 aromatic heterocycles. The predicted molar refractivity (Wildman–Crippen MR) is 53.2 cm³/mol. The molecule has 3 nitrogen and oxygen atoms in total. The van der Waals surface area contributed by atoms with E-state index in [2.05, 4.69) is 5.73 Å². The molecular formula is C11H15ClN2O. The van der Waals surface area contributed by atoms with Gasteiger partial charge in [-0.3, -0.25) is 4.79 Å². The van der Waals surface area contributed by atoms with Crippen molar-refractivity contribution in [2.75, 3.05) is 6.54 Å². The number of nitrogens with zero attached hydrogens (tertiary/aromatic N) is 1. The Hall–Kier alpha value is -1.06. The zero-order valence-electron chi connectivity index (χ0n) is 8.53. The van der Waals surface area contributed by atoms with Crippen molar-refractivity contribution in [3.05, 3.63) is 35.9 Å². The van der Waals surface area contributed by atoms with Crippen LogP contribution in [0.3, 0.4) is 0 Å². The third-order valence-corrected chi connectivity index (χ3v) is 2.62. The Balaban J connectivity index is 0.00000112. The standard InChI is InChI=1S/C11H14N2O.ClH/c12-10-6-7-13(11(10)14)8-9-4-2-1-3-5-9;/h1-5,10H,6-8,12H2;1H/t10-;/m0./s1. The molecule has 1 aromatic carbocycles. The SMILES string of the molecule is [Cl-].[NH3+][C@H]1CCN(Cc2ccccc2)C1=O. The summed E-state index contributed by atoms with van der Waals surface area (Å²) < 4.78 is 0. The molecule has 0 spiro atoms. The molecule has 1 aliphatic rings. The predicted octanol–water partition coefficient (Wildman–Crippen LogP) is -2.97. The first-order valence-corrected chi connectivity index (χ1v) is 4.93. The van der Waals surface area contributed by atoms with Gasteiger partial charge >= 0.3 is 0 Å². The first kappa shape index (κ1) is 12.0. The minimum absolute atomic E-state index is 0. The Morgan fingerprint density at radius 3 is 2.53 bits per heavy atom. The molecule has 1 atom stereocenters. The average Bonchev–Trinajstić information content (AvgIpc) is 2.52. The summed E-state index contributed by atoms with van der Waals surface area (Å²) in [6.45, 7) is 1.58. The molecular weight excluding hydrogens is 212 g/mol. The summed E-state index contributed by atoms with van der Waals surface area (Å²) in [6, 6.07) is 10.0. The van der Waals surface area contributed by atoms with E-state index in [-0.39, 0.29) is 24.4 Å². The van der Waals surface area contributed by atoms with Crippen molar-refractivity contribution in [3.8, 4) is 0 Å². The van der Waals surface area contributed by atoms with Crippen LogP contribution in [0.2, 0.25) is 0 Å². The Morgan fingerprint density at radius 2 is 2.00 bits per heavy atom. The molecule has 15 heavy (non-hydrogen) atoms. The lowest BCUT2D eigenvalue weighted by Crippen LogP contribution is -3.00. The molecule has 1 saturated heterocycles. The lowest BCUT2D eigenvalue weighted by atomic mass is 10.2. The number of benzene rings is 1. The summed E-state index contributed by atoms with van der Waals surface area (Å²) >= 11 is 0. The van der Waals surface area contributed by atoms with Gasteiger partial charge in [0.15, 0.2) is 6.04 Å². The molecule has 0 unspecified atom stereocenters. The van der Waals surface area contributed by atoms with E-state index in [0.29, 0.717) is 0 Å². The van der Waals surface area contributed by atoms with Gasteiger partial charge in [-0.1, -0.05) is 30.3 Å². The number of halogens is 1. The summed E-state index contributed by atoms with van der Waals surface area (Å²) in [5.41, 5.74) is 5.01. The Morgan fingerprint density at radius 1 is 1.33 bits per heavy atom. The summed E-state index contributed by atoms with van der Waals surface area (Å²) in [4.78, 5) is 13.5. The van der Waals surface area contributed by atoms with Gasteiger partial charge in [-0.2, -0.15) is 0 Å². The first-order valence-electron chi connectivity index (χ1n) is 4.93. The zero-order chi connectivity index (χ0) is 9.97. The Kier molecular flexibility index (Phi) is 4.12. The minimum atomic E-state index is -0.0290. The highest BCUT2D eigenvalue weighted by Gasteiger charge is 2.31. The molecule has 4 heteroatoms. The lowest BCUT2D eigenvalue weighted by Gasteiger charge is -2.14. The fourth-order valence-corrected chi connectivity index (χ4v) is 1.76. The molecule has 1 aromatic rings. The van der Waals surface area contributed by atoms with Gasteiger partial charge in [0.25, 0.3) is 5.91 Å². The van der Waals surface area contributed by atoms with Crippen molar-refractivity contribution in [2.24, 2.45) is 0 Å². The van der Waals surface area contributed by atoms with Crippen LogP contribution in [0.25, 0.3) is 0 Å². The second kappa shape index (κ2) is 5.14. The van der Waals surface area contributed by atoms with E-state index in [1.54, 1.807) is 0 Å². The van der Waals surface area contributed by atoms with E-state index >= 15 is 0 Å². The van der Waals surface area contributed by atoms with Crippen LogP contribution >= 0.6 is 0 Å². The Labute approximate surface area is 95.7 Å². The van der Waals surface area contributed by atoms with Crippen molar-refractivity contribution in [3.63, 3.8) is 0 Å². The zero-order valence-corrected chi connectivity index (χ0v) is 9.28. The molecule has 0 saturated carbocycles. The van der Waals surface area contributed by atoms with Crippen molar-refractivity contribution >= 4 is 5.91 Å². The number of carbonyl (C=O) groups is 1. The number of hydrogen-bond donors (Lipinski definition) is 1. The fourth-order valence-electron chi connectivity index (χ4n) is 1.76. The van der Waals surface area contributed by atoms with Crippen LogP contribution in [-0.4, -0.2) is 23.4 Å². The number of likely N-dealkylation sites (tertiary alicyclic amines) is 1. The van der Waals surface area contributed by atoms with Crippen molar-refractivity contribution < 1.29 is 22.9 Å². The van der Waals surface area contributed by atoms with Gasteiger partial charge in [0.05, 0.1) is 0 Å². The van der Waals surface area contributed by atoms with Gasteiger partial charge in [-0.25, -0.2) is 0 Å². The first-order chi connectivity index (χ1) is 6.77. The highest BCUT2D eigenvalue weighted by molar-refractivity contribution is 5.82. The van der Waals surface area contributed by atoms with Crippen LogP contribution in [0.1, 0.15) is 12.0 Å². The maximum Gasteiger partial charge on any atom is 0.281 e. The van der Waals surface area contributed by atoms with Gasteiger partial charge in [0.2, 0.25) is 0 Å². The van der Waals surface area contributed by atoms with Gasteiger partial charge in [0.1, 0.15) is 0 Å². The van der Waals surface area contributed by atoms with Crippen LogP contribution in [0.4, 0.5) is 0 Å². The smallest absolute Gasteiger partial charge is 0.281 e. The van der Waals surface area contributed by atoms with E-state index in [1.807, 2.05) is 35.2 Å². The van der Waals surface area contributed by atoms with Gasteiger partial charge in [0, 0.05) is 19.5 Å². The summed E-state index contributed by atoms with van der Waals surface area (Å²) in [6.07, 6.45) is 0.895. The topological polar surface area (TPSA) is 48.0 Å². The maximum atomic E-state index is 11.6. The quantitative estimate of drug-likeness (QED) is 0.576. The third kappa shape index (κ3) is 2.70. The van der Waals surface area contributed by atoms with E-state index in [1.165, 1.54) is 5.56 Å². The number of rotatable bonds is 2. The van der Waals surface area contributed by atoms with E-state index in [0.717, 1.165) is 19.5 Å². The molecule has 0 bridgehead atoms. The van der Waals surface area contributed by atoms with Crippen LogP contribution in [0.15, 0.2) is 30.3 Å². The number of carbonyl (C=O) groups excluding carboxylic acids is 1. The van der Waals surface area contributed by atoms with E-state index in [9.17, 15) is 4.79 Å². The van der Waals surface area contributed by atoms with Gasteiger partial charge in [-0.15, -0.1) is 0 Å². The summed E-state index contributed by atoms with van der Waals surface area (Å²) in [5.74, 6) is 0.189. The monoisotopic (exact) mass is 226 g/mol. The second-order valence-electron chi connectivity index (χ2n) is 3.73. The Bertz CT molecular complexity index is 329. The van der Waals surface area contributed by atoms with Crippen molar-refractivity contribution in [2.45, 2.75) is 19.0 Å². The van der Waals surface area contributed by atoms with Gasteiger partial charge < -0.3 is 23.0 Å². The normalized spacial score (nSPS) is 20.2. The van der Waals surface area contributed by atoms with E-state index in [4.69, 9.17) is 0 Å². The molecule has 1 fully saturated rings. The number of quaternary nitrogens is 1. The van der Waals surface area contributed by atoms with Crippen LogP contribution < -0.4 is 18.1 Å². The van der Waals surface area contributed by atoms with Gasteiger partial charge in [-0.05, 0) is 5.56 Å². The molecule has 0 aliphatic carbocycles. The van der Waals surface area contributed by atoms with Crippen LogP contribution in [0, 0.1) is 0 Å². The van der Waals surface area contributed by atoms with Crippen LogP contribution in [0.5, 0.6) is 0 Å². The lowest BCUT2D eigenvalue weighted by molar-refractivity contribution is -0.401. The highest BCUT2D eigenvalue weighted by atomic mass is 35.5. The minimum Gasteiger partial charge on any atom is -1.00 e. The molecule has 0 radical (unpaired) electrons. The fraction of sp³-hybridized carbons (Fsp3) is 0.364. The van der Waals surface area contributed by atoms with Crippen molar-refractivity contribution in [1.82, 2.24) is 4.90 Å². The number of hydrogen-bond acceptors (Lipinski definition) is 1. The number of amides is 1.